The van der Waals surface area contributed by atoms with E-state index in [9.17, 15) is 9.59 Å². The Hall–Kier alpha value is -1.60. The van der Waals surface area contributed by atoms with Crippen LogP contribution < -0.4 is 5.73 Å². The Morgan fingerprint density at radius 1 is 1.55 bits per heavy atom. The number of methoxy groups -OCH3 is 1. The van der Waals surface area contributed by atoms with Crippen molar-refractivity contribution in [3.8, 4) is 0 Å². The van der Waals surface area contributed by atoms with Gasteiger partial charge in [0.1, 0.15) is 5.69 Å². The summed E-state index contributed by atoms with van der Waals surface area (Å²) in [5.74, 6) is -0.688. The van der Waals surface area contributed by atoms with E-state index in [4.69, 9.17) is 22.1 Å². The molecule has 0 bridgehead atoms. The molecule has 2 amide bonds. The lowest BCUT2D eigenvalue weighted by atomic mass is 9.92. The molecule has 2 rings (SSSR count). The van der Waals surface area contributed by atoms with E-state index in [0.717, 1.165) is 6.42 Å². The van der Waals surface area contributed by atoms with Gasteiger partial charge in [-0.05, 0) is 19.8 Å². The highest BCUT2D eigenvalue weighted by atomic mass is 35.5. The van der Waals surface area contributed by atoms with Crippen LogP contribution in [-0.2, 0) is 16.1 Å². The van der Waals surface area contributed by atoms with E-state index in [1.165, 1.54) is 6.20 Å². The number of aromatic nitrogens is 2. The molecular weight excluding hydrogens is 308 g/mol. The first kappa shape index (κ1) is 16.8. The van der Waals surface area contributed by atoms with Crippen molar-refractivity contribution in [1.29, 1.82) is 0 Å². The second-order valence-electron chi connectivity index (χ2n) is 5.52. The second-order valence-corrected chi connectivity index (χ2v) is 5.92. The SMILES string of the molecule is CCn1ncc(Cl)c1C(=O)N1CCC[C@@]1(COC)CC(N)=O. The first-order chi connectivity index (χ1) is 10.4. The first-order valence-corrected chi connectivity index (χ1v) is 7.63. The average molecular weight is 329 g/mol. The van der Waals surface area contributed by atoms with E-state index >= 15 is 0 Å². The molecule has 8 heteroatoms. The smallest absolute Gasteiger partial charge is 0.274 e. The quantitative estimate of drug-likeness (QED) is 0.845. The number of likely N-dealkylation sites (tertiary alicyclic amines) is 1. The third-order valence-corrected chi connectivity index (χ3v) is 4.33. The molecule has 1 aromatic heterocycles. The van der Waals surface area contributed by atoms with Gasteiger partial charge in [-0.2, -0.15) is 5.10 Å². The minimum atomic E-state index is -0.705. The summed E-state index contributed by atoms with van der Waals surface area (Å²) in [6, 6.07) is 0. The monoisotopic (exact) mass is 328 g/mol. The van der Waals surface area contributed by atoms with Gasteiger partial charge in [0, 0.05) is 20.2 Å². The van der Waals surface area contributed by atoms with E-state index in [-0.39, 0.29) is 18.9 Å². The van der Waals surface area contributed by atoms with Gasteiger partial charge in [-0.15, -0.1) is 0 Å². The van der Waals surface area contributed by atoms with Crippen LogP contribution in [0.15, 0.2) is 6.20 Å². The number of rotatable bonds is 6. The van der Waals surface area contributed by atoms with Crippen molar-refractivity contribution in [2.75, 3.05) is 20.3 Å². The molecule has 0 spiro atoms. The highest BCUT2D eigenvalue weighted by Crippen LogP contribution is 2.35. The minimum absolute atomic E-state index is 0.0739. The van der Waals surface area contributed by atoms with Crippen molar-refractivity contribution >= 4 is 23.4 Å². The number of primary amides is 1. The lowest BCUT2D eigenvalue weighted by Gasteiger charge is -2.37. The first-order valence-electron chi connectivity index (χ1n) is 7.25. The fourth-order valence-electron chi connectivity index (χ4n) is 3.18. The van der Waals surface area contributed by atoms with Crippen molar-refractivity contribution in [3.63, 3.8) is 0 Å². The number of carbonyl (C=O) groups excluding carboxylic acids is 2. The lowest BCUT2D eigenvalue weighted by Crippen LogP contribution is -2.53. The fraction of sp³-hybridized carbons (Fsp3) is 0.643. The Labute approximate surface area is 134 Å². The number of halogens is 1. The van der Waals surface area contributed by atoms with Crippen molar-refractivity contribution < 1.29 is 14.3 Å². The molecule has 2 heterocycles. The van der Waals surface area contributed by atoms with Gasteiger partial charge in [0.2, 0.25) is 5.91 Å². The van der Waals surface area contributed by atoms with Crippen molar-refractivity contribution in [1.82, 2.24) is 14.7 Å². The Morgan fingerprint density at radius 2 is 2.27 bits per heavy atom. The van der Waals surface area contributed by atoms with Crippen LogP contribution in [0.4, 0.5) is 0 Å². The van der Waals surface area contributed by atoms with E-state index in [2.05, 4.69) is 5.10 Å². The van der Waals surface area contributed by atoms with Crippen molar-refractivity contribution in [3.05, 3.63) is 16.9 Å². The van der Waals surface area contributed by atoms with Crippen LogP contribution in [0, 0.1) is 0 Å². The molecule has 0 aromatic carbocycles. The van der Waals surface area contributed by atoms with E-state index < -0.39 is 11.4 Å². The van der Waals surface area contributed by atoms with Crippen LogP contribution in [0.3, 0.4) is 0 Å². The third kappa shape index (κ3) is 2.96. The van der Waals surface area contributed by atoms with E-state index in [1.807, 2.05) is 6.92 Å². The van der Waals surface area contributed by atoms with Gasteiger partial charge in [0.05, 0.1) is 29.8 Å². The van der Waals surface area contributed by atoms with Gasteiger partial charge in [0.15, 0.2) is 0 Å². The van der Waals surface area contributed by atoms with Gasteiger partial charge >= 0.3 is 0 Å². The average Bonchev–Trinajstić information content (AvgIpc) is 3.01. The highest BCUT2D eigenvalue weighted by Gasteiger charge is 2.46. The number of nitrogens with zero attached hydrogens (tertiary/aromatic N) is 3. The highest BCUT2D eigenvalue weighted by molar-refractivity contribution is 6.33. The van der Waals surface area contributed by atoms with Crippen LogP contribution in [0.1, 0.15) is 36.7 Å². The number of amides is 2. The molecule has 1 aliphatic rings. The number of carbonyl (C=O) groups is 2. The largest absolute Gasteiger partial charge is 0.382 e. The summed E-state index contributed by atoms with van der Waals surface area (Å²) >= 11 is 6.12. The van der Waals surface area contributed by atoms with Gasteiger partial charge < -0.3 is 15.4 Å². The Kier molecular flexibility index (Phi) is 5.08. The molecule has 1 aliphatic heterocycles. The summed E-state index contributed by atoms with van der Waals surface area (Å²) in [6.07, 6.45) is 3.00. The summed E-state index contributed by atoms with van der Waals surface area (Å²) in [5, 5.41) is 4.41. The Morgan fingerprint density at radius 3 is 2.86 bits per heavy atom. The van der Waals surface area contributed by atoms with E-state index in [0.29, 0.717) is 30.2 Å². The fourth-order valence-corrected chi connectivity index (χ4v) is 3.40. The van der Waals surface area contributed by atoms with Crippen LogP contribution in [0.5, 0.6) is 0 Å². The number of nitrogens with two attached hydrogens (primary N) is 1. The molecule has 7 nitrogen and oxygen atoms in total. The van der Waals surface area contributed by atoms with E-state index in [1.54, 1.807) is 16.7 Å². The van der Waals surface area contributed by atoms with Crippen LogP contribution >= 0.6 is 11.6 Å². The van der Waals surface area contributed by atoms with Gasteiger partial charge in [-0.25, -0.2) is 0 Å². The second kappa shape index (κ2) is 6.66. The minimum Gasteiger partial charge on any atom is -0.382 e. The van der Waals surface area contributed by atoms with Crippen LogP contribution in [-0.4, -0.2) is 52.3 Å². The number of aryl methyl sites for hydroxylation is 1. The number of ether oxygens (including phenoxy) is 1. The maximum absolute atomic E-state index is 13.0. The Balaban J connectivity index is 2.37. The number of hydrogen-bond acceptors (Lipinski definition) is 4. The summed E-state index contributed by atoms with van der Waals surface area (Å²) < 4.78 is 6.82. The molecule has 0 unspecified atom stereocenters. The van der Waals surface area contributed by atoms with Crippen molar-refractivity contribution in [2.45, 2.75) is 38.3 Å². The Bertz CT molecular complexity index is 574. The number of hydrogen-bond donors (Lipinski definition) is 1. The zero-order valence-corrected chi connectivity index (χ0v) is 13.6. The van der Waals surface area contributed by atoms with Gasteiger partial charge in [-0.1, -0.05) is 11.6 Å². The summed E-state index contributed by atoms with van der Waals surface area (Å²) in [6.45, 7) is 3.23. The van der Waals surface area contributed by atoms with Gasteiger partial charge in [0.25, 0.3) is 5.91 Å². The molecule has 122 valence electrons. The molecule has 1 aromatic rings. The van der Waals surface area contributed by atoms with Gasteiger partial charge in [-0.3, -0.25) is 14.3 Å². The predicted octanol–water partition coefficient (Wildman–Crippen LogP) is 1.05. The normalized spacial score (nSPS) is 21.3. The molecule has 1 fully saturated rings. The molecular formula is C14H21ClN4O3. The summed E-state index contributed by atoms with van der Waals surface area (Å²) in [4.78, 5) is 26.1. The van der Waals surface area contributed by atoms with Crippen molar-refractivity contribution in [2.24, 2.45) is 5.73 Å². The molecule has 22 heavy (non-hydrogen) atoms. The molecule has 1 saturated heterocycles. The zero-order valence-electron chi connectivity index (χ0n) is 12.8. The standard InChI is InChI=1S/C14H21ClN4O3/c1-3-19-12(10(15)8-17-19)13(21)18-6-4-5-14(18,9-22-2)7-11(16)20/h8H,3-7,9H2,1-2H3,(H2,16,20)/t14-/m0/s1. The van der Waals surface area contributed by atoms with Crippen LogP contribution in [0.25, 0.3) is 0 Å². The topological polar surface area (TPSA) is 90.4 Å². The zero-order chi connectivity index (χ0) is 16.3. The lowest BCUT2D eigenvalue weighted by molar-refractivity contribution is -0.121. The molecule has 0 aliphatic carbocycles. The predicted molar refractivity (Wildman–Crippen MR) is 81.6 cm³/mol. The summed E-state index contributed by atoms with van der Waals surface area (Å²) in [5.41, 5.74) is 5.02. The summed E-state index contributed by atoms with van der Waals surface area (Å²) in [7, 11) is 1.55. The molecule has 2 N–H and O–H groups in total. The molecule has 0 radical (unpaired) electrons. The maximum atomic E-state index is 13.0. The van der Waals surface area contributed by atoms with Crippen LogP contribution in [0.2, 0.25) is 5.02 Å². The maximum Gasteiger partial charge on any atom is 0.274 e. The molecule has 0 saturated carbocycles. The third-order valence-electron chi connectivity index (χ3n) is 4.05. The molecule has 1 atom stereocenters.